The molecule has 5 heteroatoms. The van der Waals surface area contributed by atoms with E-state index in [9.17, 15) is 0 Å². The van der Waals surface area contributed by atoms with Gasteiger partial charge in [0.25, 0.3) is 0 Å². The molecule has 2 heterocycles. The fourth-order valence-electron chi connectivity index (χ4n) is 6.79. The molecule has 3 aliphatic carbocycles. The molecular weight excluding hydrogens is 392 g/mol. The molecule has 0 amide bonds. The molecule has 0 bridgehead atoms. The molecule has 3 atom stereocenters. The van der Waals surface area contributed by atoms with Crippen molar-refractivity contribution in [3.05, 3.63) is 34.9 Å². The Morgan fingerprint density at radius 3 is 2.73 bits per heavy atom. The van der Waals surface area contributed by atoms with Crippen LogP contribution in [0, 0.1) is 23.2 Å². The zero-order chi connectivity index (χ0) is 20.3. The topological polar surface area (TPSA) is 45.8 Å². The predicted octanol–water partition coefficient (Wildman–Crippen LogP) is 3.76. The van der Waals surface area contributed by atoms with Gasteiger partial charge in [-0.15, -0.1) is 0 Å². The number of hydrogen-bond donors (Lipinski definition) is 2. The van der Waals surface area contributed by atoms with E-state index >= 15 is 0 Å². The quantitative estimate of drug-likeness (QED) is 0.410. The standard InChI is InChI=1S/C25H30N2O2S/c1-28-19-10-12-24(13-11-19)15-18-9-8-17(7-6-16-4-2-3-5-16)14-20(18)25(24)21-22(29-21)26-23(30)27-25/h8-9,14,16,19,21-22H,2-5,10-13,15H2,1H3,(H2,26,27,30). The first-order valence-electron chi connectivity index (χ1n) is 11.6. The summed E-state index contributed by atoms with van der Waals surface area (Å²) in [5.74, 6) is 7.61. The molecule has 3 unspecified atom stereocenters. The van der Waals surface area contributed by atoms with Gasteiger partial charge in [-0.2, -0.15) is 0 Å². The lowest BCUT2D eigenvalue weighted by molar-refractivity contribution is -0.0199. The van der Waals surface area contributed by atoms with Crippen molar-refractivity contribution in [2.45, 2.75) is 81.8 Å². The zero-order valence-corrected chi connectivity index (χ0v) is 18.4. The molecular formula is C25H30N2O2S. The van der Waals surface area contributed by atoms with E-state index in [2.05, 4.69) is 40.7 Å². The van der Waals surface area contributed by atoms with Gasteiger partial charge in [-0.05, 0) is 80.4 Å². The maximum Gasteiger partial charge on any atom is 0.169 e. The summed E-state index contributed by atoms with van der Waals surface area (Å²) in [7, 11) is 1.84. The number of hydrogen-bond acceptors (Lipinski definition) is 3. The molecule has 2 saturated carbocycles. The van der Waals surface area contributed by atoms with Crippen LogP contribution in [0.1, 0.15) is 68.1 Å². The second kappa shape index (κ2) is 6.95. The molecule has 1 aromatic rings. The number of ether oxygens (including phenoxy) is 2. The second-order valence-corrected chi connectivity index (χ2v) is 10.3. The van der Waals surface area contributed by atoms with Crippen molar-refractivity contribution in [1.82, 2.24) is 10.6 Å². The van der Waals surface area contributed by atoms with Crippen molar-refractivity contribution < 1.29 is 9.47 Å². The smallest absolute Gasteiger partial charge is 0.169 e. The van der Waals surface area contributed by atoms with Crippen molar-refractivity contribution in [3.8, 4) is 11.8 Å². The van der Waals surface area contributed by atoms with Crippen LogP contribution in [-0.4, -0.2) is 30.7 Å². The molecule has 4 nitrogen and oxygen atoms in total. The van der Waals surface area contributed by atoms with E-state index in [1.165, 1.54) is 36.8 Å². The van der Waals surface area contributed by atoms with Gasteiger partial charge in [0, 0.05) is 24.0 Å². The lowest BCUT2D eigenvalue weighted by Crippen LogP contribution is -2.66. The predicted molar refractivity (Wildman–Crippen MR) is 120 cm³/mol. The first kappa shape index (κ1) is 19.1. The van der Waals surface area contributed by atoms with Gasteiger partial charge in [-0.1, -0.05) is 30.7 Å². The number of benzene rings is 1. The van der Waals surface area contributed by atoms with Crippen LogP contribution in [0.3, 0.4) is 0 Å². The summed E-state index contributed by atoms with van der Waals surface area (Å²) in [5, 5.41) is 7.78. The molecule has 1 aromatic carbocycles. The van der Waals surface area contributed by atoms with Crippen molar-refractivity contribution in [3.63, 3.8) is 0 Å². The second-order valence-electron chi connectivity index (χ2n) is 9.90. The van der Waals surface area contributed by atoms with Crippen LogP contribution < -0.4 is 10.6 Å². The maximum absolute atomic E-state index is 6.18. The van der Waals surface area contributed by atoms with Crippen LogP contribution >= 0.6 is 12.2 Å². The van der Waals surface area contributed by atoms with Crippen LogP contribution in [-0.2, 0) is 21.4 Å². The molecule has 2 N–H and O–H groups in total. The van der Waals surface area contributed by atoms with Gasteiger partial charge < -0.3 is 20.1 Å². The zero-order valence-electron chi connectivity index (χ0n) is 17.6. The highest BCUT2D eigenvalue weighted by Crippen LogP contribution is 2.63. The Labute approximate surface area is 184 Å². The van der Waals surface area contributed by atoms with Gasteiger partial charge >= 0.3 is 0 Å². The normalized spacial score (nSPS) is 39.1. The maximum atomic E-state index is 6.18. The Morgan fingerprint density at radius 2 is 1.97 bits per heavy atom. The average molecular weight is 423 g/mol. The summed E-state index contributed by atoms with van der Waals surface area (Å²) in [6.45, 7) is 0. The molecule has 5 aliphatic rings. The number of thiocarbonyl (C=S) groups is 1. The van der Waals surface area contributed by atoms with E-state index in [-0.39, 0.29) is 23.3 Å². The van der Waals surface area contributed by atoms with E-state index in [1.807, 2.05) is 7.11 Å². The van der Waals surface area contributed by atoms with Gasteiger partial charge in [0.15, 0.2) is 11.3 Å². The molecule has 0 radical (unpaired) electrons. The van der Waals surface area contributed by atoms with E-state index in [0.717, 1.165) is 42.8 Å². The SMILES string of the molecule is COC1CCC2(CC1)Cc1ccc(C#CC3CCCC3)cc1C21NC(=S)NC2OC21. The highest BCUT2D eigenvalue weighted by molar-refractivity contribution is 7.80. The van der Waals surface area contributed by atoms with Crippen molar-refractivity contribution >= 4 is 17.3 Å². The largest absolute Gasteiger partial charge is 0.381 e. The Morgan fingerprint density at radius 1 is 1.17 bits per heavy atom. The minimum atomic E-state index is -0.251. The molecule has 2 spiro atoms. The molecule has 2 saturated heterocycles. The number of fused-ring (bicyclic) bond motifs is 5. The molecule has 0 aromatic heterocycles. The Hall–Kier alpha value is -1.61. The summed E-state index contributed by atoms with van der Waals surface area (Å²) < 4.78 is 11.9. The van der Waals surface area contributed by atoms with Crippen LogP contribution in [0.25, 0.3) is 0 Å². The van der Waals surface area contributed by atoms with E-state index in [1.54, 1.807) is 0 Å². The summed E-state index contributed by atoms with van der Waals surface area (Å²) >= 11 is 5.65. The first-order valence-corrected chi connectivity index (χ1v) is 12.0. The third-order valence-electron chi connectivity index (χ3n) is 8.40. The van der Waals surface area contributed by atoms with E-state index in [0.29, 0.717) is 12.0 Å². The third-order valence-corrected chi connectivity index (χ3v) is 8.62. The highest BCUT2D eigenvalue weighted by atomic mass is 32.1. The number of methoxy groups -OCH3 is 1. The summed E-state index contributed by atoms with van der Waals surface area (Å²) in [5.41, 5.74) is 3.80. The van der Waals surface area contributed by atoms with Gasteiger partial charge in [0.05, 0.1) is 6.10 Å². The highest BCUT2D eigenvalue weighted by Gasteiger charge is 2.71. The average Bonchev–Trinajstić information content (AvgIpc) is 3.26. The Bertz CT molecular complexity index is 936. The van der Waals surface area contributed by atoms with Crippen molar-refractivity contribution in [2.24, 2.45) is 11.3 Å². The van der Waals surface area contributed by atoms with Crippen LogP contribution in [0.5, 0.6) is 0 Å². The molecule has 6 rings (SSSR count). The number of rotatable bonds is 1. The van der Waals surface area contributed by atoms with Crippen molar-refractivity contribution in [2.75, 3.05) is 7.11 Å². The minimum Gasteiger partial charge on any atom is -0.381 e. The van der Waals surface area contributed by atoms with Gasteiger partial charge in [-0.3, -0.25) is 0 Å². The Balaban J connectivity index is 1.41. The van der Waals surface area contributed by atoms with Crippen LogP contribution in [0.4, 0.5) is 0 Å². The van der Waals surface area contributed by atoms with Crippen LogP contribution in [0.15, 0.2) is 18.2 Å². The van der Waals surface area contributed by atoms with E-state index < -0.39 is 0 Å². The van der Waals surface area contributed by atoms with Gasteiger partial charge in [0.1, 0.15) is 11.6 Å². The summed E-state index contributed by atoms with van der Waals surface area (Å²) in [4.78, 5) is 0. The number of epoxide rings is 1. The minimum absolute atomic E-state index is 0.0370. The molecule has 30 heavy (non-hydrogen) atoms. The fraction of sp³-hybridized carbons (Fsp3) is 0.640. The van der Waals surface area contributed by atoms with Crippen molar-refractivity contribution in [1.29, 1.82) is 0 Å². The third kappa shape index (κ3) is 2.77. The Kier molecular flexibility index (Phi) is 4.43. The van der Waals surface area contributed by atoms with Crippen LogP contribution in [0.2, 0.25) is 0 Å². The molecule has 158 valence electrons. The lowest BCUT2D eigenvalue weighted by Gasteiger charge is -2.51. The van der Waals surface area contributed by atoms with Gasteiger partial charge in [0.2, 0.25) is 0 Å². The lowest BCUT2D eigenvalue weighted by atomic mass is 9.59. The fourth-order valence-corrected chi connectivity index (χ4v) is 7.07. The van der Waals surface area contributed by atoms with E-state index in [4.69, 9.17) is 21.7 Å². The number of nitrogens with one attached hydrogen (secondary N) is 2. The monoisotopic (exact) mass is 422 g/mol. The summed E-state index contributed by atoms with van der Waals surface area (Å²) in [6, 6.07) is 6.88. The van der Waals surface area contributed by atoms with Gasteiger partial charge in [-0.25, -0.2) is 0 Å². The molecule has 2 aliphatic heterocycles. The first-order chi connectivity index (χ1) is 14.6. The molecule has 4 fully saturated rings. The summed E-state index contributed by atoms with van der Waals surface area (Å²) in [6.07, 6.45) is 11.2.